The number of alkyl halides is 1. The lowest BCUT2D eigenvalue weighted by Gasteiger charge is -2.11. The minimum absolute atomic E-state index is 0.0345. The average Bonchev–Trinajstić information content (AvgIpc) is 3.49. The van der Waals surface area contributed by atoms with Crippen LogP contribution in [0, 0.1) is 24.2 Å². The molecule has 7 heteroatoms. The first-order valence-corrected chi connectivity index (χ1v) is 9.70. The smallest absolute Gasteiger partial charge is 0.231 e. The molecular formula is C23H19FN4O2. The number of carbonyl (C=O) groups is 2. The molecular weight excluding hydrogens is 383 g/mol. The SMILES string of the molecule is CCC(=O)c1cc(C)c(-c2cc3cnc(NC(=O)[C@@H]4C[C@@H]4F)cc3cc2C#N)cn1. The molecule has 0 bridgehead atoms. The maximum absolute atomic E-state index is 13.1. The van der Waals surface area contributed by atoms with Gasteiger partial charge < -0.3 is 5.32 Å². The van der Waals surface area contributed by atoms with E-state index < -0.39 is 12.1 Å². The molecule has 1 saturated carbocycles. The van der Waals surface area contributed by atoms with Crippen LogP contribution in [0.1, 0.15) is 41.4 Å². The molecule has 150 valence electrons. The van der Waals surface area contributed by atoms with Crippen molar-refractivity contribution in [1.29, 1.82) is 5.26 Å². The molecule has 1 N–H and O–H groups in total. The Morgan fingerprint density at radius 2 is 1.93 bits per heavy atom. The van der Waals surface area contributed by atoms with Gasteiger partial charge in [0, 0.05) is 35.3 Å². The third-order valence-electron chi connectivity index (χ3n) is 5.29. The normalized spacial score (nSPS) is 17.4. The molecule has 2 aromatic heterocycles. The molecule has 1 fully saturated rings. The Morgan fingerprint density at radius 3 is 2.57 bits per heavy atom. The third kappa shape index (κ3) is 3.64. The summed E-state index contributed by atoms with van der Waals surface area (Å²) in [5.74, 6) is -0.691. The Kier molecular flexibility index (Phi) is 5.00. The first-order valence-electron chi connectivity index (χ1n) is 9.70. The second-order valence-corrected chi connectivity index (χ2v) is 7.43. The minimum atomic E-state index is -1.07. The van der Waals surface area contributed by atoms with Gasteiger partial charge in [-0.15, -0.1) is 0 Å². The number of nitrogens with one attached hydrogen (secondary N) is 1. The molecule has 0 unspecified atom stereocenters. The summed E-state index contributed by atoms with van der Waals surface area (Å²) in [6, 6.07) is 9.18. The van der Waals surface area contributed by atoms with Crippen molar-refractivity contribution in [2.75, 3.05) is 5.32 Å². The lowest BCUT2D eigenvalue weighted by atomic mass is 9.94. The summed E-state index contributed by atoms with van der Waals surface area (Å²) in [6.07, 6.45) is 2.77. The molecule has 0 radical (unpaired) electrons. The van der Waals surface area contributed by atoms with Gasteiger partial charge in [-0.2, -0.15) is 5.26 Å². The second kappa shape index (κ2) is 7.64. The standard InChI is InChI=1S/C23H19FN4O2/c1-3-21(29)20-4-12(2)18(11-26-20)16-6-15-10-27-22(7-13(15)5-14(16)9-25)28-23(30)17-8-19(17)24/h4-7,10-11,17,19H,3,8H2,1-2H3,(H,27,28,30)/t17-,19+/m1/s1. The van der Waals surface area contributed by atoms with Crippen molar-refractivity contribution < 1.29 is 14.0 Å². The van der Waals surface area contributed by atoms with Gasteiger partial charge in [-0.3, -0.25) is 14.6 Å². The Morgan fingerprint density at radius 1 is 1.17 bits per heavy atom. The van der Waals surface area contributed by atoms with Crippen LogP contribution in [0.3, 0.4) is 0 Å². The number of aromatic nitrogens is 2. The molecule has 30 heavy (non-hydrogen) atoms. The highest BCUT2D eigenvalue weighted by molar-refractivity contribution is 5.98. The number of aryl methyl sites for hydroxylation is 1. The molecule has 1 amide bonds. The van der Waals surface area contributed by atoms with E-state index in [2.05, 4.69) is 21.4 Å². The fourth-order valence-electron chi connectivity index (χ4n) is 3.40. The predicted octanol–water partition coefficient (Wildman–Crippen LogP) is 4.37. The van der Waals surface area contributed by atoms with Crippen LogP contribution in [0.2, 0.25) is 0 Å². The lowest BCUT2D eigenvalue weighted by Crippen LogP contribution is -2.15. The van der Waals surface area contributed by atoms with E-state index >= 15 is 0 Å². The number of anilines is 1. The molecule has 2 atom stereocenters. The van der Waals surface area contributed by atoms with Crippen LogP contribution in [-0.4, -0.2) is 27.8 Å². The highest BCUT2D eigenvalue weighted by atomic mass is 19.1. The third-order valence-corrected chi connectivity index (χ3v) is 5.29. The van der Waals surface area contributed by atoms with Crippen LogP contribution >= 0.6 is 0 Å². The summed E-state index contributed by atoms with van der Waals surface area (Å²) < 4.78 is 13.1. The topological polar surface area (TPSA) is 95.7 Å². The van der Waals surface area contributed by atoms with Gasteiger partial charge >= 0.3 is 0 Å². The zero-order valence-corrected chi connectivity index (χ0v) is 16.6. The molecule has 0 spiro atoms. The van der Waals surface area contributed by atoms with Crippen molar-refractivity contribution in [2.24, 2.45) is 5.92 Å². The number of ketones is 1. The number of hydrogen-bond donors (Lipinski definition) is 1. The summed E-state index contributed by atoms with van der Waals surface area (Å²) in [5.41, 5.74) is 3.16. The van der Waals surface area contributed by atoms with E-state index in [0.29, 0.717) is 29.1 Å². The number of pyridine rings is 2. The lowest BCUT2D eigenvalue weighted by molar-refractivity contribution is -0.117. The highest BCUT2D eigenvalue weighted by Crippen LogP contribution is 2.35. The van der Waals surface area contributed by atoms with Crippen LogP contribution in [0.15, 0.2) is 36.7 Å². The number of benzene rings is 1. The first-order chi connectivity index (χ1) is 14.4. The van der Waals surface area contributed by atoms with E-state index in [1.54, 1.807) is 37.5 Å². The number of carbonyl (C=O) groups excluding carboxylic acids is 2. The van der Waals surface area contributed by atoms with E-state index in [1.807, 2.05) is 13.0 Å². The largest absolute Gasteiger partial charge is 0.310 e. The number of fused-ring (bicyclic) bond motifs is 1. The van der Waals surface area contributed by atoms with Crippen LogP contribution in [-0.2, 0) is 4.79 Å². The summed E-state index contributed by atoms with van der Waals surface area (Å²) in [4.78, 5) is 32.4. The molecule has 1 aliphatic rings. The monoisotopic (exact) mass is 402 g/mol. The summed E-state index contributed by atoms with van der Waals surface area (Å²) in [6.45, 7) is 3.66. The van der Waals surface area contributed by atoms with Gasteiger partial charge in [0.25, 0.3) is 0 Å². The Hall–Kier alpha value is -3.66. The van der Waals surface area contributed by atoms with E-state index in [9.17, 15) is 19.2 Å². The fraction of sp³-hybridized carbons (Fsp3) is 0.261. The Labute approximate surface area is 172 Å². The molecule has 1 aromatic carbocycles. The van der Waals surface area contributed by atoms with E-state index in [4.69, 9.17) is 0 Å². The molecule has 6 nitrogen and oxygen atoms in total. The molecule has 0 saturated heterocycles. The van der Waals surface area contributed by atoms with Crippen LogP contribution in [0.4, 0.5) is 10.2 Å². The zero-order chi connectivity index (χ0) is 21.4. The first kappa shape index (κ1) is 19.6. The number of halogens is 1. The number of amides is 1. The maximum atomic E-state index is 13.1. The zero-order valence-electron chi connectivity index (χ0n) is 16.6. The number of hydrogen-bond acceptors (Lipinski definition) is 5. The van der Waals surface area contributed by atoms with Crippen molar-refractivity contribution in [1.82, 2.24) is 9.97 Å². The van der Waals surface area contributed by atoms with Crippen molar-refractivity contribution in [3.05, 3.63) is 53.5 Å². The van der Waals surface area contributed by atoms with E-state index in [1.165, 1.54) is 0 Å². The van der Waals surface area contributed by atoms with Crippen LogP contribution < -0.4 is 5.32 Å². The Bertz CT molecular complexity index is 1230. The van der Waals surface area contributed by atoms with Gasteiger partial charge in [-0.1, -0.05) is 6.92 Å². The van der Waals surface area contributed by atoms with Gasteiger partial charge in [-0.05, 0) is 48.6 Å². The van der Waals surface area contributed by atoms with Crippen LogP contribution in [0.5, 0.6) is 0 Å². The van der Waals surface area contributed by atoms with Gasteiger partial charge in [0.1, 0.15) is 17.7 Å². The number of nitrogens with zero attached hydrogens (tertiary/aromatic N) is 3. The number of rotatable bonds is 5. The molecule has 3 aromatic rings. The van der Waals surface area contributed by atoms with Crippen molar-refractivity contribution in [3.8, 4) is 17.2 Å². The second-order valence-electron chi connectivity index (χ2n) is 7.43. The molecule has 4 rings (SSSR count). The maximum Gasteiger partial charge on any atom is 0.231 e. The van der Waals surface area contributed by atoms with Crippen molar-refractivity contribution in [3.63, 3.8) is 0 Å². The minimum Gasteiger partial charge on any atom is -0.310 e. The highest BCUT2D eigenvalue weighted by Gasteiger charge is 2.43. The summed E-state index contributed by atoms with van der Waals surface area (Å²) in [5, 5.41) is 13.8. The van der Waals surface area contributed by atoms with Gasteiger partial charge in [0.15, 0.2) is 5.78 Å². The summed E-state index contributed by atoms with van der Waals surface area (Å²) in [7, 11) is 0. The molecule has 1 aliphatic carbocycles. The Balaban J connectivity index is 1.71. The number of nitriles is 1. The van der Waals surface area contributed by atoms with Gasteiger partial charge in [-0.25, -0.2) is 9.37 Å². The summed E-state index contributed by atoms with van der Waals surface area (Å²) >= 11 is 0. The van der Waals surface area contributed by atoms with E-state index in [0.717, 1.165) is 21.9 Å². The molecule has 0 aliphatic heterocycles. The van der Waals surface area contributed by atoms with Crippen molar-refractivity contribution in [2.45, 2.75) is 32.9 Å². The quantitative estimate of drug-likeness (QED) is 0.640. The fourth-order valence-corrected chi connectivity index (χ4v) is 3.40. The van der Waals surface area contributed by atoms with Gasteiger partial charge in [0.2, 0.25) is 5.91 Å². The van der Waals surface area contributed by atoms with Crippen LogP contribution in [0.25, 0.3) is 21.9 Å². The van der Waals surface area contributed by atoms with Crippen molar-refractivity contribution >= 4 is 28.3 Å². The van der Waals surface area contributed by atoms with E-state index in [-0.39, 0.29) is 18.1 Å². The van der Waals surface area contributed by atoms with Gasteiger partial charge in [0.05, 0.1) is 17.6 Å². The predicted molar refractivity (Wildman–Crippen MR) is 111 cm³/mol. The average molecular weight is 402 g/mol. The number of Topliss-reactive ketones (excluding diaryl/α,β-unsaturated/α-hetero) is 1. The molecule has 2 heterocycles.